The molecular formula is C23H20N6OS. The number of nitriles is 1. The number of hydrogen-bond donors (Lipinski definition) is 2. The van der Waals surface area contributed by atoms with E-state index in [1.54, 1.807) is 0 Å². The predicted octanol–water partition coefficient (Wildman–Crippen LogP) is 4.44. The minimum absolute atomic E-state index is 0.146. The third kappa shape index (κ3) is 3.71. The molecule has 0 atom stereocenters. The number of aromatic nitrogens is 3. The molecule has 2 heterocycles. The van der Waals surface area contributed by atoms with Gasteiger partial charge in [-0.15, -0.1) is 11.8 Å². The number of carbonyl (C=O) groups is 1. The zero-order valence-electron chi connectivity index (χ0n) is 17.3. The summed E-state index contributed by atoms with van der Waals surface area (Å²) < 4.78 is 1.37. The summed E-state index contributed by atoms with van der Waals surface area (Å²) in [7, 11) is 0. The minimum Gasteiger partial charge on any atom is -0.382 e. The van der Waals surface area contributed by atoms with E-state index in [0.717, 1.165) is 16.7 Å². The Kier molecular flexibility index (Phi) is 5.36. The van der Waals surface area contributed by atoms with Crippen LogP contribution in [0.1, 0.15) is 27.0 Å². The van der Waals surface area contributed by atoms with Crippen LogP contribution in [-0.4, -0.2) is 26.8 Å². The van der Waals surface area contributed by atoms with Gasteiger partial charge in [0.1, 0.15) is 28.0 Å². The van der Waals surface area contributed by atoms with E-state index >= 15 is 0 Å². The third-order valence-electron chi connectivity index (χ3n) is 4.93. The minimum atomic E-state index is -0.338. The van der Waals surface area contributed by atoms with Gasteiger partial charge in [0.2, 0.25) is 0 Å². The fraction of sp³-hybridized carbons (Fsp3) is 0.130. The first-order chi connectivity index (χ1) is 14.9. The van der Waals surface area contributed by atoms with E-state index in [0.29, 0.717) is 27.6 Å². The van der Waals surface area contributed by atoms with Gasteiger partial charge >= 0.3 is 0 Å². The number of fused-ring (bicyclic) bond motifs is 1. The first kappa shape index (κ1) is 20.4. The Morgan fingerprint density at radius 1 is 1.10 bits per heavy atom. The Bertz CT molecular complexity index is 1330. The molecule has 31 heavy (non-hydrogen) atoms. The zero-order valence-corrected chi connectivity index (χ0v) is 18.1. The molecule has 4 rings (SSSR count). The van der Waals surface area contributed by atoms with E-state index in [9.17, 15) is 10.1 Å². The second kappa shape index (κ2) is 8.13. The van der Waals surface area contributed by atoms with Gasteiger partial charge in [0.05, 0.1) is 5.69 Å². The van der Waals surface area contributed by atoms with Crippen LogP contribution in [0.2, 0.25) is 0 Å². The lowest BCUT2D eigenvalue weighted by Crippen LogP contribution is -2.14. The van der Waals surface area contributed by atoms with Crippen LogP contribution in [0.3, 0.4) is 0 Å². The Hall–Kier alpha value is -3.83. The molecule has 0 aliphatic heterocycles. The Balaban J connectivity index is 1.90. The quantitative estimate of drug-likeness (QED) is 0.465. The molecule has 4 aromatic rings. The highest BCUT2D eigenvalue weighted by Gasteiger charge is 2.25. The van der Waals surface area contributed by atoms with Gasteiger partial charge in [-0.2, -0.15) is 14.9 Å². The molecule has 0 saturated carbocycles. The number of thioether (sulfide) groups is 1. The van der Waals surface area contributed by atoms with Crippen LogP contribution < -0.4 is 11.1 Å². The van der Waals surface area contributed by atoms with Crippen molar-refractivity contribution in [3.05, 3.63) is 70.8 Å². The van der Waals surface area contributed by atoms with Gasteiger partial charge in [-0.1, -0.05) is 47.5 Å². The number of benzene rings is 2. The number of rotatable bonds is 4. The van der Waals surface area contributed by atoms with Gasteiger partial charge in [-0.25, -0.2) is 4.98 Å². The summed E-state index contributed by atoms with van der Waals surface area (Å²) in [5, 5.41) is 17.6. The van der Waals surface area contributed by atoms with Crippen LogP contribution in [0, 0.1) is 25.2 Å². The normalized spacial score (nSPS) is 10.8. The standard InChI is InChI=1S/C23H20N6OS/c1-13-4-8-15(9-5-13)19-17(12-24)20(25)29-21(27-19)18(23(28-29)31-3)22(30)26-16-10-6-14(2)7-11-16/h4-11H,25H2,1-3H3,(H,26,30). The van der Waals surface area contributed by atoms with Crippen LogP contribution >= 0.6 is 11.8 Å². The van der Waals surface area contributed by atoms with Crippen molar-refractivity contribution in [2.24, 2.45) is 0 Å². The lowest BCUT2D eigenvalue weighted by atomic mass is 10.1. The molecule has 0 fully saturated rings. The number of hydrogen-bond acceptors (Lipinski definition) is 6. The summed E-state index contributed by atoms with van der Waals surface area (Å²) in [6.07, 6.45) is 1.83. The molecule has 0 aliphatic carbocycles. The van der Waals surface area contributed by atoms with Crippen molar-refractivity contribution in [1.82, 2.24) is 14.6 Å². The fourth-order valence-electron chi connectivity index (χ4n) is 3.25. The number of nitrogens with zero attached hydrogens (tertiary/aromatic N) is 4. The molecule has 0 aliphatic rings. The first-order valence-electron chi connectivity index (χ1n) is 9.54. The van der Waals surface area contributed by atoms with Crippen molar-refractivity contribution < 1.29 is 4.79 Å². The monoisotopic (exact) mass is 428 g/mol. The van der Waals surface area contributed by atoms with Gasteiger partial charge in [0.15, 0.2) is 5.65 Å². The van der Waals surface area contributed by atoms with Crippen LogP contribution in [0.4, 0.5) is 11.5 Å². The number of aryl methyl sites for hydroxylation is 2. The van der Waals surface area contributed by atoms with Gasteiger partial charge in [0, 0.05) is 11.3 Å². The van der Waals surface area contributed by atoms with Crippen LogP contribution in [0.5, 0.6) is 0 Å². The molecule has 2 aromatic carbocycles. The third-order valence-corrected chi connectivity index (χ3v) is 5.61. The second-order valence-electron chi connectivity index (χ2n) is 7.14. The molecule has 3 N–H and O–H groups in total. The summed E-state index contributed by atoms with van der Waals surface area (Å²) in [6, 6.07) is 17.3. The summed E-state index contributed by atoms with van der Waals surface area (Å²) in [5.74, 6) is -0.192. The van der Waals surface area contributed by atoms with Crippen molar-refractivity contribution in [3.63, 3.8) is 0 Å². The maximum absolute atomic E-state index is 13.2. The molecule has 1 amide bonds. The van der Waals surface area contributed by atoms with Gasteiger partial charge in [0.25, 0.3) is 5.91 Å². The van der Waals surface area contributed by atoms with E-state index in [1.165, 1.54) is 16.3 Å². The number of nitrogens with two attached hydrogens (primary N) is 1. The highest BCUT2D eigenvalue weighted by atomic mass is 32.2. The molecule has 0 saturated heterocycles. The average Bonchev–Trinajstić information content (AvgIpc) is 3.15. The number of anilines is 2. The van der Waals surface area contributed by atoms with Crippen molar-refractivity contribution in [1.29, 1.82) is 5.26 Å². The lowest BCUT2D eigenvalue weighted by Gasteiger charge is -2.09. The fourth-order valence-corrected chi connectivity index (χ4v) is 3.80. The molecule has 0 unspecified atom stereocenters. The maximum atomic E-state index is 13.2. The number of carbonyl (C=O) groups excluding carboxylic acids is 1. The van der Waals surface area contributed by atoms with E-state index in [2.05, 4.69) is 21.5 Å². The Labute approximate surface area is 183 Å². The Morgan fingerprint density at radius 2 is 1.71 bits per heavy atom. The molecule has 0 radical (unpaired) electrons. The summed E-state index contributed by atoms with van der Waals surface area (Å²) in [5.41, 5.74) is 11.2. The molecule has 154 valence electrons. The average molecular weight is 429 g/mol. The zero-order chi connectivity index (χ0) is 22.1. The van der Waals surface area contributed by atoms with Crippen LogP contribution in [-0.2, 0) is 0 Å². The molecule has 8 heteroatoms. The largest absolute Gasteiger partial charge is 0.382 e. The SMILES string of the molecule is CSc1nn2c(N)c(C#N)c(-c3ccc(C)cc3)nc2c1C(=O)Nc1ccc(C)cc1. The van der Waals surface area contributed by atoms with Crippen molar-refractivity contribution in [2.45, 2.75) is 18.9 Å². The highest BCUT2D eigenvalue weighted by molar-refractivity contribution is 7.98. The molecule has 0 bridgehead atoms. The topological polar surface area (TPSA) is 109 Å². The van der Waals surface area contributed by atoms with Crippen LogP contribution in [0.25, 0.3) is 16.9 Å². The van der Waals surface area contributed by atoms with Crippen LogP contribution in [0.15, 0.2) is 53.6 Å². The second-order valence-corrected chi connectivity index (χ2v) is 7.93. The maximum Gasteiger partial charge on any atom is 0.262 e. The van der Waals surface area contributed by atoms with Gasteiger partial charge in [-0.3, -0.25) is 4.79 Å². The van der Waals surface area contributed by atoms with E-state index in [4.69, 9.17) is 5.73 Å². The van der Waals surface area contributed by atoms with Crippen molar-refractivity contribution in [2.75, 3.05) is 17.3 Å². The molecule has 0 spiro atoms. The number of amides is 1. The number of nitrogens with one attached hydrogen (secondary N) is 1. The van der Waals surface area contributed by atoms with Crippen molar-refractivity contribution in [3.8, 4) is 17.3 Å². The number of nitrogen functional groups attached to an aromatic ring is 1. The van der Waals surface area contributed by atoms with E-state index in [-0.39, 0.29) is 17.3 Å². The lowest BCUT2D eigenvalue weighted by molar-refractivity contribution is 0.102. The van der Waals surface area contributed by atoms with E-state index in [1.807, 2.05) is 68.6 Å². The van der Waals surface area contributed by atoms with Gasteiger partial charge in [-0.05, 0) is 32.2 Å². The van der Waals surface area contributed by atoms with Crippen molar-refractivity contribution >= 4 is 34.8 Å². The Morgan fingerprint density at radius 3 is 2.29 bits per heavy atom. The van der Waals surface area contributed by atoms with E-state index < -0.39 is 0 Å². The molecular weight excluding hydrogens is 408 g/mol. The molecule has 2 aromatic heterocycles. The first-order valence-corrected chi connectivity index (χ1v) is 10.8. The predicted molar refractivity (Wildman–Crippen MR) is 123 cm³/mol. The highest BCUT2D eigenvalue weighted by Crippen LogP contribution is 2.31. The summed E-state index contributed by atoms with van der Waals surface area (Å²) in [6.45, 7) is 3.96. The van der Waals surface area contributed by atoms with Gasteiger partial charge < -0.3 is 11.1 Å². The summed E-state index contributed by atoms with van der Waals surface area (Å²) >= 11 is 1.32. The molecule has 7 nitrogen and oxygen atoms in total. The summed E-state index contributed by atoms with van der Waals surface area (Å²) in [4.78, 5) is 17.9. The smallest absolute Gasteiger partial charge is 0.262 e.